The Morgan fingerprint density at radius 1 is 1.12 bits per heavy atom. The highest BCUT2D eigenvalue weighted by atomic mass is 32.1. The first kappa shape index (κ1) is 22.7. The van der Waals surface area contributed by atoms with Crippen molar-refractivity contribution in [1.82, 2.24) is 9.88 Å². The van der Waals surface area contributed by atoms with Gasteiger partial charge in [-0.05, 0) is 62.1 Å². The fourth-order valence-corrected chi connectivity index (χ4v) is 4.34. The SMILES string of the molecule is Cc1nc(COc2ccc(/C=C/C(=O)Nc3c(C)cccc3C(=O)N3CCCC3)cc2)cs1. The molecule has 4 rings (SSSR count). The molecule has 0 spiro atoms. The van der Waals surface area contributed by atoms with E-state index < -0.39 is 0 Å². The average Bonchev–Trinajstić information content (AvgIpc) is 3.50. The van der Waals surface area contributed by atoms with Gasteiger partial charge in [0.15, 0.2) is 0 Å². The van der Waals surface area contributed by atoms with Crippen LogP contribution in [0.2, 0.25) is 0 Å². The number of nitrogens with one attached hydrogen (secondary N) is 1. The molecule has 2 aromatic carbocycles. The molecule has 170 valence electrons. The van der Waals surface area contributed by atoms with Crippen molar-refractivity contribution in [2.24, 2.45) is 0 Å². The van der Waals surface area contributed by atoms with Crippen LogP contribution in [0.15, 0.2) is 53.9 Å². The standard InChI is InChI=1S/C26H27N3O3S/c1-18-6-5-7-23(26(31)29-14-3-4-15-29)25(18)28-24(30)13-10-20-8-11-22(12-9-20)32-16-21-17-33-19(2)27-21/h5-13,17H,3-4,14-16H2,1-2H3,(H,28,30)/b13-10+. The third-order valence-electron chi connectivity index (χ3n) is 5.51. The largest absolute Gasteiger partial charge is 0.487 e. The second-order valence-corrected chi connectivity index (χ2v) is 9.10. The van der Waals surface area contributed by atoms with Crippen molar-refractivity contribution in [2.45, 2.75) is 33.3 Å². The molecule has 1 aliphatic rings. The Kier molecular flexibility index (Phi) is 7.19. The smallest absolute Gasteiger partial charge is 0.255 e. The Balaban J connectivity index is 1.37. The lowest BCUT2D eigenvalue weighted by molar-refractivity contribution is -0.111. The van der Waals surface area contributed by atoms with Gasteiger partial charge in [-0.15, -0.1) is 11.3 Å². The van der Waals surface area contributed by atoms with Crippen LogP contribution < -0.4 is 10.1 Å². The van der Waals surface area contributed by atoms with Crippen molar-refractivity contribution in [3.8, 4) is 5.75 Å². The number of para-hydroxylation sites is 1. The van der Waals surface area contributed by atoms with Gasteiger partial charge in [-0.3, -0.25) is 9.59 Å². The Bertz CT molecular complexity index is 1160. The van der Waals surface area contributed by atoms with E-state index in [1.165, 1.54) is 6.08 Å². The maximum Gasteiger partial charge on any atom is 0.255 e. The lowest BCUT2D eigenvalue weighted by Gasteiger charge is -2.19. The van der Waals surface area contributed by atoms with E-state index in [9.17, 15) is 9.59 Å². The molecule has 2 heterocycles. The van der Waals surface area contributed by atoms with Gasteiger partial charge in [-0.2, -0.15) is 0 Å². The summed E-state index contributed by atoms with van der Waals surface area (Å²) >= 11 is 1.60. The summed E-state index contributed by atoms with van der Waals surface area (Å²) in [5.41, 5.74) is 3.76. The van der Waals surface area contributed by atoms with E-state index >= 15 is 0 Å². The summed E-state index contributed by atoms with van der Waals surface area (Å²) < 4.78 is 5.76. The molecule has 0 aliphatic carbocycles. The number of aromatic nitrogens is 1. The molecule has 0 atom stereocenters. The minimum Gasteiger partial charge on any atom is -0.487 e. The fourth-order valence-electron chi connectivity index (χ4n) is 3.75. The van der Waals surface area contributed by atoms with Crippen LogP contribution in [0.5, 0.6) is 5.75 Å². The molecule has 33 heavy (non-hydrogen) atoms. The molecule has 3 aromatic rings. The minimum atomic E-state index is -0.279. The van der Waals surface area contributed by atoms with Gasteiger partial charge in [0.25, 0.3) is 5.91 Å². The maximum absolute atomic E-state index is 12.9. The number of anilines is 1. The molecule has 7 heteroatoms. The van der Waals surface area contributed by atoms with E-state index in [0.29, 0.717) is 17.9 Å². The van der Waals surface area contributed by atoms with Crippen LogP contribution in [0, 0.1) is 13.8 Å². The molecule has 1 saturated heterocycles. The summed E-state index contributed by atoms with van der Waals surface area (Å²) in [4.78, 5) is 31.7. The Morgan fingerprint density at radius 2 is 1.88 bits per heavy atom. The van der Waals surface area contributed by atoms with Crippen LogP contribution in [0.25, 0.3) is 6.08 Å². The Hall–Kier alpha value is -3.45. The number of hydrogen-bond acceptors (Lipinski definition) is 5. The van der Waals surface area contributed by atoms with Crippen LogP contribution >= 0.6 is 11.3 Å². The summed E-state index contributed by atoms with van der Waals surface area (Å²) in [5, 5.41) is 5.91. The summed E-state index contributed by atoms with van der Waals surface area (Å²) in [5.74, 6) is 0.435. The Morgan fingerprint density at radius 3 is 2.58 bits per heavy atom. The van der Waals surface area contributed by atoms with Gasteiger partial charge >= 0.3 is 0 Å². The number of nitrogens with zero attached hydrogens (tertiary/aromatic N) is 2. The predicted molar refractivity (Wildman–Crippen MR) is 132 cm³/mol. The fraction of sp³-hybridized carbons (Fsp3) is 0.269. The summed E-state index contributed by atoms with van der Waals surface area (Å²) in [6.07, 6.45) is 5.26. The average molecular weight is 462 g/mol. The molecule has 6 nitrogen and oxygen atoms in total. The zero-order valence-electron chi connectivity index (χ0n) is 18.8. The molecule has 0 unspecified atom stereocenters. The highest BCUT2D eigenvalue weighted by Gasteiger charge is 2.23. The van der Waals surface area contributed by atoms with Crippen LogP contribution in [-0.4, -0.2) is 34.8 Å². The van der Waals surface area contributed by atoms with Crippen LogP contribution in [0.3, 0.4) is 0 Å². The first-order valence-electron chi connectivity index (χ1n) is 11.0. The molecular formula is C26H27N3O3S. The first-order valence-corrected chi connectivity index (χ1v) is 11.9. The number of ether oxygens (including phenoxy) is 1. The number of likely N-dealkylation sites (tertiary alicyclic amines) is 1. The molecule has 1 fully saturated rings. The summed E-state index contributed by atoms with van der Waals surface area (Å²) in [6, 6.07) is 13.0. The highest BCUT2D eigenvalue weighted by Crippen LogP contribution is 2.24. The lowest BCUT2D eigenvalue weighted by atomic mass is 10.1. The number of carbonyl (C=O) groups is 2. The third-order valence-corrected chi connectivity index (χ3v) is 6.33. The van der Waals surface area contributed by atoms with Crippen molar-refractivity contribution in [3.63, 3.8) is 0 Å². The number of carbonyl (C=O) groups excluding carboxylic acids is 2. The summed E-state index contributed by atoms with van der Waals surface area (Å²) in [6.45, 7) is 5.83. The number of amides is 2. The molecule has 1 aromatic heterocycles. The molecular weight excluding hydrogens is 434 g/mol. The van der Waals surface area contributed by atoms with Gasteiger partial charge in [0, 0.05) is 24.5 Å². The third kappa shape index (κ3) is 5.87. The zero-order chi connectivity index (χ0) is 23.2. The number of thiazole rings is 1. The number of aryl methyl sites for hydroxylation is 2. The summed E-state index contributed by atoms with van der Waals surface area (Å²) in [7, 11) is 0. The zero-order valence-corrected chi connectivity index (χ0v) is 19.7. The van der Waals surface area contributed by atoms with Gasteiger partial charge in [0.05, 0.1) is 22.0 Å². The molecule has 0 saturated carbocycles. The monoisotopic (exact) mass is 461 g/mol. The van der Waals surface area contributed by atoms with Gasteiger partial charge in [-0.1, -0.05) is 24.3 Å². The van der Waals surface area contributed by atoms with Gasteiger partial charge in [-0.25, -0.2) is 4.98 Å². The van der Waals surface area contributed by atoms with Crippen molar-refractivity contribution in [3.05, 3.63) is 81.3 Å². The van der Waals surface area contributed by atoms with E-state index in [0.717, 1.165) is 53.5 Å². The maximum atomic E-state index is 12.9. The van der Waals surface area contributed by atoms with Gasteiger partial charge < -0.3 is 15.0 Å². The van der Waals surface area contributed by atoms with Gasteiger partial charge in [0.2, 0.25) is 5.91 Å². The van der Waals surface area contributed by atoms with Crippen molar-refractivity contribution < 1.29 is 14.3 Å². The molecule has 2 amide bonds. The first-order chi connectivity index (χ1) is 16.0. The highest BCUT2D eigenvalue weighted by molar-refractivity contribution is 7.09. The normalized spacial score (nSPS) is 13.5. The van der Waals surface area contributed by atoms with E-state index in [4.69, 9.17) is 4.74 Å². The molecule has 1 aliphatic heterocycles. The van der Waals surface area contributed by atoms with Crippen LogP contribution in [-0.2, 0) is 11.4 Å². The topological polar surface area (TPSA) is 71.5 Å². The van der Waals surface area contributed by atoms with Crippen molar-refractivity contribution in [2.75, 3.05) is 18.4 Å². The van der Waals surface area contributed by atoms with E-state index in [1.807, 2.05) is 60.5 Å². The second kappa shape index (κ2) is 10.4. The van der Waals surface area contributed by atoms with E-state index in [1.54, 1.807) is 23.5 Å². The number of benzene rings is 2. The number of rotatable bonds is 7. The molecule has 0 bridgehead atoms. The van der Waals surface area contributed by atoms with Crippen LogP contribution in [0.4, 0.5) is 5.69 Å². The van der Waals surface area contributed by atoms with Crippen LogP contribution in [0.1, 0.15) is 45.0 Å². The molecule has 1 N–H and O–H groups in total. The van der Waals surface area contributed by atoms with Gasteiger partial charge in [0.1, 0.15) is 12.4 Å². The van der Waals surface area contributed by atoms with Crippen molar-refractivity contribution in [1.29, 1.82) is 0 Å². The predicted octanol–water partition coefficient (Wildman–Crippen LogP) is 5.23. The Labute approximate surface area is 197 Å². The lowest BCUT2D eigenvalue weighted by Crippen LogP contribution is -2.29. The van der Waals surface area contributed by atoms with Crippen molar-refractivity contribution >= 4 is 34.9 Å². The quantitative estimate of drug-likeness (QED) is 0.489. The molecule has 0 radical (unpaired) electrons. The van der Waals surface area contributed by atoms with E-state index in [2.05, 4.69) is 10.3 Å². The number of hydrogen-bond donors (Lipinski definition) is 1. The minimum absolute atomic E-state index is 0.0288. The second-order valence-electron chi connectivity index (χ2n) is 8.03. The van der Waals surface area contributed by atoms with E-state index in [-0.39, 0.29) is 11.8 Å².